The van der Waals surface area contributed by atoms with Gasteiger partial charge in [0.25, 0.3) is 5.78 Å². The summed E-state index contributed by atoms with van der Waals surface area (Å²) in [4.78, 5) is 7.98. The topological polar surface area (TPSA) is 43.1 Å². The van der Waals surface area contributed by atoms with Crippen LogP contribution < -0.4 is 0 Å². The maximum atomic E-state index is 5.64. The average molecular weight is 169 g/mol. The first kappa shape index (κ1) is 6.54. The van der Waals surface area contributed by atoms with Crippen LogP contribution in [-0.2, 0) is 0 Å². The van der Waals surface area contributed by atoms with Gasteiger partial charge in [-0.05, 0) is 13.0 Å². The van der Waals surface area contributed by atoms with Gasteiger partial charge in [-0.25, -0.2) is 4.52 Å². The minimum atomic E-state index is 0.435. The lowest BCUT2D eigenvalue weighted by Gasteiger charge is -1.88. The zero-order valence-corrected chi connectivity index (χ0v) is 6.58. The van der Waals surface area contributed by atoms with Crippen molar-refractivity contribution in [2.45, 2.75) is 6.92 Å². The molecule has 0 fully saturated rings. The second-order valence-electron chi connectivity index (χ2n) is 2.15. The fourth-order valence-electron chi connectivity index (χ4n) is 0.860. The maximum absolute atomic E-state index is 5.64. The van der Waals surface area contributed by atoms with Gasteiger partial charge in [-0.2, -0.15) is 15.1 Å². The van der Waals surface area contributed by atoms with Crippen molar-refractivity contribution in [2.75, 3.05) is 0 Å². The molecule has 0 bridgehead atoms. The van der Waals surface area contributed by atoms with Crippen molar-refractivity contribution in [2.24, 2.45) is 0 Å². The highest BCUT2D eigenvalue weighted by atomic mass is 35.5. The molecule has 5 heteroatoms. The second kappa shape index (κ2) is 2.17. The predicted molar refractivity (Wildman–Crippen MR) is 40.5 cm³/mol. The Bertz CT molecular complexity index is 394. The Hall–Kier alpha value is -1.16. The summed E-state index contributed by atoms with van der Waals surface area (Å²) in [6.07, 6.45) is 1.73. The third kappa shape index (κ3) is 1.05. The fraction of sp³-hybridized carbons (Fsp3) is 0.167. The molecule has 0 aromatic carbocycles. The number of fused-ring (bicyclic) bond motifs is 1. The summed E-state index contributed by atoms with van der Waals surface area (Å²) in [7, 11) is 0. The summed E-state index contributed by atoms with van der Waals surface area (Å²) in [5.41, 5.74) is 0. The van der Waals surface area contributed by atoms with Crippen molar-refractivity contribution in [1.82, 2.24) is 19.6 Å². The number of aryl methyl sites for hydroxylation is 1. The van der Waals surface area contributed by atoms with E-state index in [0.29, 0.717) is 16.8 Å². The van der Waals surface area contributed by atoms with Crippen LogP contribution in [0.2, 0.25) is 5.15 Å². The minimum absolute atomic E-state index is 0.435. The Labute approximate surface area is 67.8 Å². The van der Waals surface area contributed by atoms with Gasteiger partial charge < -0.3 is 0 Å². The molecule has 0 unspecified atom stereocenters. The molecule has 2 heterocycles. The Morgan fingerprint density at radius 1 is 1.45 bits per heavy atom. The van der Waals surface area contributed by atoms with Gasteiger partial charge in [0.1, 0.15) is 11.0 Å². The zero-order valence-electron chi connectivity index (χ0n) is 5.82. The predicted octanol–water partition coefficient (Wildman–Crippen LogP) is 1.09. The van der Waals surface area contributed by atoms with E-state index in [-0.39, 0.29) is 0 Å². The van der Waals surface area contributed by atoms with E-state index in [1.807, 2.05) is 6.92 Å². The molecule has 0 aliphatic heterocycles. The van der Waals surface area contributed by atoms with Gasteiger partial charge in [0.15, 0.2) is 0 Å². The van der Waals surface area contributed by atoms with Crippen LogP contribution >= 0.6 is 11.6 Å². The van der Waals surface area contributed by atoms with E-state index in [2.05, 4.69) is 15.1 Å². The molecular weight excluding hydrogens is 164 g/mol. The number of nitrogens with zero attached hydrogens (tertiary/aromatic N) is 4. The van der Waals surface area contributed by atoms with Crippen LogP contribution in [0.5, 0.6) is 0 Å². The lowest BCUT2D eigenvalue weighted by molar-refractivity contribution is 0.916. The van der Waals surface area contributed by atoms with Crippen molar-refractivity contribution >= 4 is 17.4 Å². The highest BCUT2D eigenvalue weighted by molar-refractivity contribution is 6.29. The van der Waals surface area contributed by atoms with Gasteiger partial charge in [-0.3, -0.25) is 0 Å². The smallest absolute Gasteiger partial charge is 0.204 e. The van der Waals surface area contributed by atoms with Gasteiger partial charge in [0, 0.05) is 6.20 Å². The highest BCUT2D eigenvalue weighted by Crippen LogP contribution is 2.04. The maximum Gasteiger partial charge on any atom is 0.253 e. The Morgan fingerprint density at radius 2 is 2.27 bits per heavy atom. The average Bonchev–Trinajstić information content (AvgIpc) is 2.27. The van der Waals surface area contributed by atoms with E-state index >= 15 is 0 Å². The van der Waals surface area contributed by atoms with Gasteiger partial charge in [-0.1, -0.05) is 11.6 Å². The lowest BCUT2D eigenvalue weighted by atomic mass is 10.7. The van der Waals surface area contributed by atoms with Crippen molar-refractivity contribution in [3.05, 3.63) is 23.2 Å². The quantitative estimate of drug-likeness (QED) is 0.553. The van der Waals surface area contributed by atoms with Gasteiger partial charge >= 0.3 is 0 Å². The van der Waals surface area contributed by atoms with Gasteiger partial charge in [0.2, 0.25) is 0 Å². The van der Waals surface area contributed by atoms with Crippen LogP contribution in [0.15, 0.2) is 12.3 Å². The fourth-order valence-corrected chi connectivity index (χ4v) is 0.992. The zero-order chi connectivity index (χ0) is 7.84. The third-order valence-corrected chi connectivity index (χ3v) is 1.49. The van der Waals surface area contributed by atoms with Crippen molar-refractivity contribution in [1.29, 1.82) is 0 Å². The Balaban J connectivity index is 2.82. The van der Waals surface area contributed by atoms with Crippen LogP contribution in [0, 0.1) is 6.92 Å². The molecule has 0 aliphatic rings. The lowest BCUT2D eigenvalue weighted by Crippen LogP contribution is -1.88. The summed E-state index contributed by atoms with van der Waals surface area (Å²) in [6, 6.07) is 1.67. The first-order chi connectivity index (χ1) is 5.25. The summed E-state index contributed by atoms with van der Waals surface area (Å²) >= 11 is 5.64. The van der Waals surface area contributed by atoms with Crippen molar-refractivity contribution in [3.63, 3.8) is 0 Å². The first-order valence-electron chi connectivity index (χ1n) is 3.11. The minimum Gasteiger partial charge on any atom is -0.204 e. The number of hydrogen-bond donors (Lipinski definition) is 0. The van der Waals surface area contributed by atoms with Crippen molar-refractivity contribution in [3.8, 4) is 0 Å². The van der Waals surface area contributed by atoms with Crippen LogP contribution in [0.25, 0.3) is 5.78 Å². The first-order valence-corrected chi connectivity index (χ1v) is 3.49. The van der Waals surface area contributed by atoms with Crippen LogP contribution in [-0.4, -0.2) is 19.6 Å². The summed E-state index contributed by atoms with van der Waals surface area (Å²) in [6.45, 7) is 1.81. The molecule has 0 saturated carbocycles. The Kier molecular flexibility index (Phi) is 1.29. The summed E-state index contributed by atoms with van der Waals surface area (Å²) in [5, 5.41) is 4.47. The highest BCUT2D eigenvalue weighted by Gasteiger charge is 1.99. The van der Waals surface area contributed by atoms with Gasteiger partial charge in [-0.15, -0.1) is 0 Å². The molecule has 0 radical (unpaired) electrons. The molecular formula is C6H5ClN4. The SMILES string of the molecule is Cc1nc2nc(Cl)ccn2n1. The Morgan fingerprint density at radius 3 is 3.09 bits per heavy atom. The molecule has 0 saturated heterocycles. The number of halogens is 1. The summed E-state index contributed by atoms with van der Waals surface area (Å²) in [5.74, 6) is 1.23. The standard InChI is InChI=1S/C6H5ClN4/c1-4-8-6-9-5(7)2-3-11(6)10-4/h2-3H,1H3. The normalized spacial score (nSPS) is 10.7. The molecule has 0 atom stereocenters. The number of hydrogen-bond acceptors (Lipinski definition) is 3. The van der Waals surface area contributed by atoms with Crippen LogP contribution in [0.4, 0.5) is 0 Å². The van der Waals surface area contributed by atoms with Crippen LogP contribution in [0.3, 0.4) is 0 Å². The third-order valence-electron chi connectivity index (χ3n) is 1.28. The number of aromatic nitrogens is 4. The molecule has 2 rings (SSSR count). The molecule has 11 heavy (non-hydrogen) atoms. The molecule has 0 N–H and O–H groups in total. The van der Waals surface area contributed by atoms with E-state index in [1.54, 1.807) is 16.8 Å². The molecule has 2 aromatic heterocycles. The van der Waals surface area contributed by atoms with E-state index in [0.717, 1.165) is 0 Å². The summed E-state index contributed by atoms with van der Waals surface area (Å²) < 4.78 is 1.58. The number of rotatable bonds is 0. The largest absolute Gasteiger partial charge is 0.253 e. The monoisotopic (exact) mass is 168 g/mol. The second-order valence-corrected chi connectivity index (χ2v) is 2.54. The van der Waals surface area contributed by atoms with E-state index in [9.17, 15) is 0 Å². The molecule has 0 aliphatic carbocycles. The molecule has 4 nitrogen and oxygen atoms in total. The molecule has 2 aromatic rings. The van der Waals surface area contributed by atoms with Gasteiger partial charge in [0.05, 0.1) is 0 Å². The van der Waals surface area contributed by atoms with Crippen LogP contribution in [0.1, 0.15) is 5.82 Å². The molecule has 56 valence electrons. The van der Waals surface area contributed by atoms with E-state index in [1.165, 1.54) is 0 Å². The molecule has 0 amide bonds. The molecule has 0 spiro atoms. The van der Waals surface area contributed by atoms with E-state index in [4.69, 9.17) is 11.6 Å². The van der Waals surface area contributed by atoms with E-state index < -0.39 is 0 Å². The van der Waals surface area contributed by atoms with Crippen molar-refractivity contribution < 1.29 is 0 Å².